The van der Waals surface area contributed by atoms with Gasteiger partial charge in [-0.2, -0.15) is 0 Å². The van der Waals surface area contributed by atoms with Crippen molar-refractivity contribution in [2.45, 2.75) is 25.5 Å². The zero-order valence-corrected chi connectivity index (χ0v) is 14.1. The van der Waals surface area contributed by atoms with Gasteiger partial charge in [0.2, 0.25) is 0 Å². The number of benzene rings is 2. The molecule has 3 aromatic rings. The van der Waals surface area contributed by atoms with Gasteiger partial charge in [0.25, 0.3) is 5.56 Å². The monoisotopic (exact) mass is 348 g/mol. The van der Waals surface area contributed by atoms with Crippen molar-refractivity contribution in [1.82, 2.24) is 9.55 Å². The molecule has 1 aliphatic heterocycles. The van der Waals surface area contributed by atoms with Gasteiger partial charge in [0, 0.05) is 17.7 Å². The molecule has 0 amide bonds. The third-order valence-corrected chi connectivity index (χ3v) is 4.44. The highest BCUT2D eigenvalue weighted by Gasteiger charge is 2.17. The van der Waals surface area contributed by atoms with Crippen LogP contribution in [0.4, 0.5) is 4.39 Å². The van der Waals surface area contributed by atoms with E-state index in [-0.39, 0.29) is 17.5 Å². The topological polar surface area (TPSA) is 44.1 Å². The molecule has 1 fully saturated rings. The molecule has 1 unspecified atom stereocenters. The Balaban J connectivity index is 1.61. The van der Waals surface area contributed by atoms with Crippen molar-refractivity contribution in [2.75, 3.05) is 6.61 Å². The Morgan fingerprint density at radius 3 is 2.69 bits per heavy atom. The van der Waals surface area contributed by atoms with E-state index in [9.17, 15) is 9.18 Å². The lowest BCUT2D eigenvalue weighted by atomic mass is 10.1. The number of aromatic nitrogens is 2. The summed E-state index contributed by atoms with van der Waals surface area (Å²) in [6.45, 7) is 1.30. The van der Waals surface area contributed by atoms with Crippen LogP contribution >= 0.6 is 0 Å². The van der Waals surface area contributed by atoms with Gasteiger partial charge >= 0.3 is 0 Å². The molecule has 1 aromatic heterocycles. The van der Waals surface area contributed by atoms with Gasteiger partial charge in [-0.25, -0.2) is 9.37 Å². The summed E-state index contributed by atoms with van der Waals surface area (Å²) in [4.78, 5) is 17.0. The van der Waals surface area contributed by atoms with Gasteiger partial charge in [-0.05, 0) is 55.3 Å². The van der Waals surface area contributed by atoms with Crippen LogP contribution in [0.1, 0.15) is 24.0 Å². The number of hydrogen-bond donors (Lipinski definition) is 0. The molecule has 5 heteroatoms. The van der Waals surface area contributed by atoms with Crippen LogP contribution in [0.5, 0.6) is 0 Å². The molecule has 4 nitrogen and oxygen atoms in total. The molecule has 1 saturated heterocycles. The quantitative estimate of drug-likeness (QED) is 0.669. The van der Waals surface area contributed by atoms with Crippen molar-refractivity contribution >= 4 is 10.9 Å². The summed E-state index contributed by atoms with van der Waals surface area (Å²) in [5, 5.41) is 0.567. The molecule has 0 N–H and O–H groups in total. The lowest BCUT2D eigenvalue weighted by molar-refractivity contribution is 0.0960. The first kappa shape index (κ1) is 16.5. The minimum atomic E-state index is -0.287. The van der Waals surface area contributed by atoms with Crippen molar-refractivity contribution in [1.29, 1.82) is 0 Å². The molecule has 0 radical (unpaired) electrons. The number of ether oxygens (including phenoxy) is 1. The minimum absolute atomic E-state index is 0.0662. The van der Waals surface area contributed by atoms with Gasteiger partial charge in [-0.3, -0.25) is 9.36 Å². The SMILES string of the molecule is O=c1c2ccc(C#Cc3ccc(F)cc3)cc2ncn1CC1CCCO1. The maximum atomic E-state index is 12.9. The molecule has 2 aromatic carbocycles. The van der Waals surface area contributed by atoms with Crippen LogP contribution in [0.2, 0.25) is 0 Å². The Kier molecular flexibility index (Phi) is 4.51. The zero-order chi connectivity index (χ0) is 17.9. The lowest BCUT2D eigenvalue weighted by Crippen LogP contribution is -2.26. The van der Waals surface area contributed by atoms with Crippen LogP contribution in [0, 0.1) is 17.7 Å². The van der Waals surface area contributed by atoms with E-state index >= 15 is 0 Å². The van der Waals surface area contributed by atoms with Crippen LogP contribution in [0.25, 0.3) is 10.9 Å². The van der Waals surface area contributed by atoms with Crippen molar-refractivity contribution < 1.29 is 9.13 Å². The molecule has 2 heterocycles. The van der Waals surface area contributed by atoms with E-state index in [0.717, 1.165) is 30.6 Å². The zero-order valence-electron chi connectivity index (χ0n) is 14.1. The van der Waals surface area contributed by atoms with Gasteiger partial charge in [0.15, 0.2) is 0 Å². The number of nitrogens with zero attached hydrogens (tertiary/aromatic N) is 2. The molecule has 0 bridgehead atoms. The molecule has 26 heavy (non-hydrogen) atoms. The summed E-state index contributed by atoms with van der Waals surface area (Å²) in [5.74, 6) is 5.72. The standard InChI is InChI=1S/C21H17FN2O2/c22-17-8-5-15(6-9-17)3-4-16-7-10-19-20(12-16)23-14-24(21(19)25)13-18-2-1-11-26-18/h5-10,12,14,18H,1-2,11,13H2. The van der Waals surface area contributed by atoms with Gasteiger partial charge in [0.1, 0.15) is 5.82 Å². The second-order valence-corrected chi connectivity index (χ2v) is 6.33. The van der Waals surface area contributed by atoms with Crippen LogP contribution in [0.15, 0.2) is 53.6 Å². The minimum Gasteiger partial charge on any atom is -0.376 e. The summed E-state index contributed by atoms with van der Waals surface area (Å²) in [6, 6.07) is 11.4. The highest BCUT2D eigenvalue weighted by molar-refractivity contribution is 5.79. The van der Waals surface area contributed by atoms with E-state index in [2.05, 4.69) is 16.8 Å². The largest absolute Gasteiger partial charge is 0.376 e. The van der Waals surface area contributed by atoms with Gasteiger partial charge < -0.3 is 4.74 Å². The van der Waals surface area contributed by atoms with E-state index < -0.39 is 0 Å². The van der Waals surface area contributed by atoms with E-state index in [0.29, 0.717) is 17.4 Å². The maximum absolute atomic E-state index is 12.9. The molecule has 4 rings (SSSR count). The van der Waals surface area contributed by atoms with Crippen molar-refractivity contribution in [3.63, 3.8) is 0 Å². The van der Waals surface area contributed by atoms with Gasteiger partial charge in [-0.1, -0.05) is 11.8 Å². The highest BCUT2D eigenvalue weighted by atomic mass is 19.1. The smallest absolute Gasteiger partial charge is 0.261 e. The average Bonchev–Trinajstić information content (AvgIpc) is 3.17. The van der Waals surface area contributed by atoms with Crippen LogP contribution < -0.4 is 5.56 Å². The van der Waals surface area contributed by atoms with Crippen molar-refractivity contribution in [3.05, 3.63) is 76.1 Å². The predicted molar refractivity (Wildman–Crippen MR) is 97.4 cm³/mol. The summed E-state index contributed by atoms with van der Waals surface area (Å²) in [5.41, 5.74) is 2.03. The second-order valence-electron chi connectivity index (χ2n) is 6.33. The van der Waals surface area contributed by atoms with Crippen LogP contribution in [-0.4, -0.2) is 22.3 Å². The van der Waals surface area contributed by atoms with Gasteiger partial charge in [-0.15, -0.1) is 0 Å². The number of fused-ring (bicyclic) bond motifs is 1. The molecule has 0 aliphatic carbocycles. The molecule has 0 saturated carbocycles. The first-order valence-corrected chi connectivity index (χ1v) is 8.57. The maximum Gasteiger partial charge on any atom is 0.261 e. The first-order chi connectivity index (χ1) is 12.7. The van der Waals surface area contributed by atoms with E-state index in [4.69, 9.17) is 4.74 Å². The van der Waals surface area contributed by atoms with E-state index in [1.165, 1.54) is 12.1 Å². The molecule has 1 aliphatic rings. The third kappa shape index (κ3) is 3.51. The summed E-state index contributed by atoms with van der Waals surface area (Å²) < 4.78 is 20.1. The third-order valence-electron chi connectivity index (χ3n) is 4.44. The number of hydrogen-bond acceptors (Lipinski definition) is 3. The molecular formula is C21H17FN2O2. The van der Waals surface area contributed by atoms with Crippen LogP contribution in [0.3, 0.4) is 0 Å². The summed E-state index contributed by atoms with van der Waals surface area (Å²) >= 11 is 0. The lowest BCUT2D eigenvalue weighted by Gasteiger charge is -2.11. The van der Waals surface area contributed by atoms with E-state index in [1.807, 2.05) is 0 Å². The summed E-state index contributed by atoms with van der Waals surface area (Å²) in [6.07, 6.45) is 3.68. The Morgan fingerprint density at radius 2 is 1.92 bits per heavy atom. The van der Waals surface area contributed by atoms with Crippen molar-refractivity contribution in [2.24, 2.45) is 0 Å². The second kappa shape index (κ2) is 7.11. The average molecular weight is 348 g/mol. The predicted octanol–water partition coefficient (Wildman–Crippen LogP) is 3.11. The Morgan fingerprint density at radius 1 is 1.15 bits per heavy atom. The van der Waals surface area contributed by atoms with E-state index in [1.54, 1.807) is 41.2 Å². The molecular weight excluding hydrogens is 331 g/mol. The highest BCUT2D eigenvalue weighted by Crippen LogP contribution is 2.14. The fraction of sp³-hybridized carbons (Fsp3) is 0.238. The van der Waals surface area contributed by atoms with Crippen LogP contribution in [-0.2, 0) is 11.3 Å². The fourth-order valence-corrected chi connectivity index (χ4v) is 3.05. The molecule has 130 valence electrons. The van der Waals surface area contributed by atoms with Gasteiger partial charge in [0.05, 0.1) is 29.9 Å². The fourth-order valence-electron chi connectivity index (χ4n) is 3.05. The Hall–Kier alpha value is -2.97. The molecule has 0 spiro atoms. The number of rotatable bonds is 2. The Labute approximate surface area is 150 Å². The Bertz CT molecular complexity index is 1060. The summed E-state index contributed by atoms with van der Waals surface area (Å²) in [7, 11) is 0. The normalized spacial score (nSPS) is 16.4. The van der Waals surface area contributed by atoms with Crippen molar-refractivity contribution in [3.8, 4) is 11.8 Å². The number of halogens is 1. The molecule has 1 atom stereocenters. The first-order valence-electron chi connectivity index (χ1n) is 8.57.